The van der Waals surface area contributed by atoms with Gasteiger partial charge in [-0.3, -0.25) is 37.9 Å². The first kappa shape index (κ1) is 74.7. The molecule has 11 rings (SSSR count). The molecular formula is C67H57N22O17P. The fraction of sp³-hybridized carbons (Fsp3) is 0.254. The van der Waals surface area contributed by atoms with Gasteiger partial charge >= 0.3 is 31.4 Å². The first-order valence-corrected chi connectivity index (χ1v) is 33.6. The van der Waals surface area contributed by atoms with E-state index in [9.17, 15) is 48.6 Å². The molecule has 542 valence electrons. The van der Waals surface area contributed by atoms with Crippen molar-refractivity contribution in [2.75, 3.05) is 18.5 Å². The van der Waals surface area contributed by atoms with Crippen LogP contribution in [0.1, 0.15) is 116 Å². The number of carbonyl (C=O) groups is 5. The molecule has 1 amide bonds. The third-order valence-corrected chi connectivity index (χ3v) is 17.7. The molecule has 40 heteroatoms. The molecule has 0 radical (unpaired) electrons. The molecule has 7 atom stereocenters. The quantitative estimate of drug-likeness (QED) is 0.0105. The van der Waals surface area contributed by atoms with Crippen molar-refractivity contribution in [1.29, 1.82) is 0 Å². The number of benzene rings is 6. The van der Waals surface area contributed by atoms with Crippen molar-refractivity contribution in [2.45, 2.75) is 96.0 Å². The summed E-state index contributed by atoms with van der Waals surface area (Å²) in [5.74, 6) is -4.87. The maximum atomic E-state index is 14.6. The van der Waals surface area contributed by atoms with Crippen LogP contribution in [0.25, 0.3) is 63.4 Å². The summed E-state index contributed by atoms with van der Waals surface area (Å²) in [7, 11) is -5.49. The van der Waals surface area contributed by atoms with Crippen molar-refractivity contribution < 1.29 is 70.9 Å². The summed E-state index contributed by atoms with van der Waals surface area (Å²) >= 11 is 0. The molecule has 0 spiro atoms. The van der Waals surface area contributed by atoms with E-state index in [1.807, 2.05) is 0 Å². The number of aryl methyl sites for hydroxylation is 1. The largest absolute Gasteiger partial charge is 0.472 e. The summed E-state index contributed by atoms with van der Waals surface area (Å²) in [6.45, 7) is -1.71. The lowest BCUT2D eigenvalue weighted by Crippen LogP contribution is -2.45. The number of aromatic nitrogens is 6. The van der Waals surface area contributed by atoms with Gasteiger partial charge in [-0.25, -0.2) is 28.7 Å². The molecule has 2 aliphatic heterocycles. The van der Waals surface area contributed by atoms with Gasteiger partial charge < -0.3 is 33.3 Å². The van der Waals surface area contributed by atoms with E-state index in [1.165, 1.54) is 96.7 Å². The predicted octanol–water partition coefficient (Wildman–Crippen LogP) is 12.1. The van der Waals surface area contributed by atoms with E-state index in [0.29, 0.717) is 21.3 Å². The number of hydrogen-bond donors (Lipinski definition) is 2. The number of phosphoric ester groups is 1. The Bertz CT molecular complexity index is 5370. The molecule has 0 bridgehead atoms. The van der Waals surface area contributed by atoms with Crippen LogP contribution in [0, 0.1) is 6.92 Å². The lowest BCUT2D eigenvalue weighted by molar-refractivity contribution is -0.0621. The second-order valence-electron chi connectivity index (χ2n) is 23.3. The van der Waals surface area contributed by atoms with Crippen LogP contribution in [0.4, 0.5) is 5.95 Å². The molecule has 2 saturated heterocycles. The maximum Gasteiger partial charge on any atom is 0.472 e. The number of anilines is 1. The lowest BCUT2D eigenvalue weighted by atomic mass is 10.1. The van der Waals surface area contributed by atoms with E-state index >= 15 is 0 Å². The minimum atomic E-state index is -5.49. The summed E-state index contributed by atoms with van der Waals surface area (Å²) in [6.07, 6.45) is -7.38. The zero-order valence-electron chi connectivity index (χ0n) is 55.9. The van der Waals surface area contributed by atoms with Crippen molar-refractivity contribution in [3.8, 4) is 11.6 Å². The second-order valence-corrected chi connectivity index (χ2v) is 24.7. The van der Waals surface area contributed by atoms with Gasteiger partial charge in [-0.15, -0.1) is 0 Å². The summed E-state index contributed by atoms with van der Waals surface area (Å²) in [4.78, 5) is 137. The van der Waals surface area contributed by atoms with Crippen LogP contribution in [-0.2, 0) is 71.9 Å². The zero-order valence-corrected chi connectivity index (χ0v) is 56.8. The van der Waals surface area contributed by atoms with Crippen LogP contribution >= 0.6 is 7.82 Å². The SMILES string of the molecule is Cc1cn([C@H]2C[C@H](OP(=O)(O)OC[C@H]3O[C@@H](n4cnc5c(OCc6ccc(OC(=O)c7ccccc7CN=[N+]=[N-])cc6)nc(NC(=O)c6ccccc6CN=[N+]=[N-])nc54)C[C@@H]3OC(=O)c3ccccc3CN=[N+]=[N-])[C@@H](COC(=O)c3ccccc3CN=[N+]=[N-])O2)c(=O)n(C(=O)c2ccccc2CN=[N+]=[N-])c1=O. The van der Waals surface area contributed by atoms with Gasteiger partial charge in [0.15, 0.2) is 11.2 Å². The van der Waals surface area contributed by atoms with Crippen LogP contribution in [-0.4, -0.2) is 101 Å². The zero-order chi connectivity index (χ0) is 75.6. The van der Waals surface area contributed by atoms with Crippen molar-refractivity contribution in [1.82, 2.24) is 28.7 Å². The number of nitrogens with zero attached hydrogens (tertiary/aromatic N) is 21. The molecule has 3 aromatic heterocycles. The highest BCUT2D eigenvalue weighted by Gasteiger charge is 2.46. The van der Waals surface area contributed by atoms with E-state index < -0.39 is 105 Å². The second kappa shape index (κ2) is 34.6. The third kappa shape index (κ3) is 17.9. The van der Waals surface area contributed by atoms with Gasteiger partial charge in [0.2, 0.25) is 11.8 Å². The van der Waals surface area contributed by atoms with Crippen LogP contribution in [0.5, 0.6) is 11.6 Å². The number of phosphoric acid groups is 1. The number of esters is 3. The first-order valence-electron chi connectivity index (χ1n) is 32.1. The number of ether oxygens (including phenoxy) is 6. The Kier molecular flexibility index (Phi) is 24.2. The van der Waals surface area contributed by atoms with Crippen LogP contribution in [0.3, 0.4) is 0 Å². The molecule has 2 fully saturated rings. The number of carbonyl (C=O) groups excluding carboxylic acids is 5. The van der Waals surface area contributed by atoms with Crippen molar-refractivity contribution >= 4 is 54.7 Å². The average Bonchev–Trinajstić information content (AvgIpc) is 1.68. The summed E-state index contributed by atoms with van der Waals surface area (Å²) in [5.41, 5.74) is 44.8. The highest BCUT2D eigenvalue weighted by molar-refractivity contribution is 7.47. The van der Waals surface area contributed by atoms with Gasteiger partial charge in [0.05, 0.1) is 62.3 Å². The molecule has 9 aromatic rings. The Morgan fingerprint density at radius 3 is 1.64 bits per heavy atom. The molecule has 39 nitrogen and oxygen atoms in total. The summed E-state index contributed by atoms with van der Waals surface area (Å²) in [6, 6.07) is 36.8. The third-order valence-electron chi connectivity index (χ3n) is 16.6. The number of nitrogens with one attached hydrogen (secondary N) is 1. The van der Waals surface area contributed by atoms with Crippen LogP contribution in [0.15, 0.2) is 193 Å². The average molecular weight is 1470 g/mol. The number of amides is 1. The van der Waals surface area contributed by atoms with Gasteiger partial charge in [0.1, 0.15) is 55.8 Å². The maximum absolute atomic E-state index is 14.6. The summed E-state index contributed by atoms with van der Waals surface area (Å²) < 4.78 is 65.3. The standard InChI is InChI=1S/C67H57N22O17P/c1-38-33-87(67(96)89(61(38)91)62(92)47-18-8-3-13-41(47)29-75-83-69)55-27-52(53(103-55)35-100-63(93)48-19-9-4-14-42(48)30-76-84-70)106-107(97,98)101-36-54-51(105-65(95)50-21-11-6-16-44(50)32-78-86-72)26-56(104-54)88-37-73-57-58(88)79-66(80-59(90)46-17-7-2-12-40(46)28-74-82-68)81-60(57)99-34-39-22-24-45(25-23-39)102-64(94)49-20-10-5-15-43(49)31-77-85-71/h2-25,33,37,51-56H,26-32,34-36H2,1H3,(H,97,98)(H,79,80,81,90)/t51-,52-,53+,54+,55+,56+/m0/s1. The number of hydrogen-bond acceptors (Lipinski definition) is 24. The molecule has 6 aromatic carbocycles. The minimum absolute atomic E-state index is 0.0150. The topological polar surface area (TPSA) is 540 Å². The van der Waals surface area contributed by atoms with Gasteiger partial charge in [0.25, 0.3) is 17.4 Å². The van der Waals surface area contributed by atoms with Crippen molar-refractivity contribution in [2.24, 2.45) is 25.6 Å². The number of azide groups is 5. The van der Waals surface area contributed by atoms with Crippen molar-refractivity contribution in [3.05, 3.63) is 298 Å². The van der Waals surface area contributed by atoms with Gasteiger partial charge in [0, 0.05) is 60.3 Å². The normalized spacial score (nSPS) is 16.9. The van der Waals surface area contributed by atoms with Crippen molar-refractivity contribution in [3.63, 3.8) is 0 Å². The molecule has 0 aliphatic carbocycles. The van der Waals surface area contributed by atoms with E-state index in [4.69, 9.17) is 59.6 Å². The Morgan fingerprint density at radius 1 is 0.598 bits per heavy atom. The van der Waals surface area contributed by atoms with Crippen LogP contribution in [0.2, 0.25) is 0 Å². The molecule has 2 N–H and O–H groups in total. The number of fused-ring (bicyclic) bond motifs is 1. The Morgan fingerprint density at radius 2 is 1.07 bits per heavy atom. The Labute approximate surface area is 601 Å². The van der Waals surface area contributed by atoms with Gasteiger partial charge in [-0.1, -0.05) is 129 Å². The highest BCUT2D eigenvalue weighted by atomic mass is 31.2. The predicted molar refractivity (Wildman–Crippen MR) is 372 cm³/mol. The molecule has 5 heterocycles. The monoisotopic (exact) mass is 1470 g/mol. The Balaban J connectivity index is 0.896. The number of rotatable bonds is 30. The molecule has 0 saturated carbocycles. The van der Waals surface area contributed by atoms with Gasteiger partial charge in [-0.05, 0) is 110 Å². The number of imidazole rings is 1. The summed E-state index contributed by atoms with van der Waals surface area (Å²) in [5, 5.41) is 20.5. The van der Waals surface area contributed by atoms with E-state index in [-0.39, 0.29) is 125 Å². The van der Waals surface area contributed by atoms with E-state index in [1.54, 1.807) is 66.7 Å². The van der Waals surface area contributed by atoms with Gasteiger partial charge in [-0.2, -0.15) is 14.5 Å². The highest BCUT2D eigenvalue weighted by Crippen LogP contribution is 2.49. The first-order chi connectivity index (χ1) is 51.9. The van der Waals surface area contributed by atoms with E-state index in [2.05, 4.69) is 70.4 Å². The van der Waals surface area contributed by atoms with Crippen LogP contribution < -0.4 is 26.0 Å². The minimum Gasteiger partial charge on any atom is -0.471 e. The molecule has 107 heavy (non-hydrogen) atoms. The molecule has 1 unspecified atom stereocenters. The molecular weight excluding hydrogens is 1420 g/mol. The fourth-order valence-electron chi connectivity index (χ4n) is 11.5. The smallest absolute Gasteiger partial charge is 0.471 e. The molecule has 2 aliphatic rings. The lowest BCUT2D eigenvalue weighted by Gasteiger charge is -2.23. The fourth-order valence-corrected chi connectivity index (χ4v) is 12.5. The van der Waals surface area contributed by atoms with E-state index in [0.717, 1.165) is 10.8 Å². The Hall–Kier alpha value is -13.5.